The zero-order valence-corrected chi connectivity index (χ0v) is 8.60. The molecule has 2 fully saturated rings. The number of hydrogen-bond acceptors (Lipinski definition) is 3. The second-order valence-electron chi connectivity index (χ2n) is 3.91. The lowest BCUT2D eigenvalue weighted by Crippen LogP contribution is -2.43. The van der Waals surface area contributed by atoms with E-state index in [0.29, 0.717) is 12.5 Å². The van der Waals surface area contributed by atoms with Gasteiger partial charge in [0.05, 0.1) is 18.8 Å². The summed E-state index contributed by atoms with van der Waals surface area (Å²) >= 11 is 5.62. The van der Waals surface area contributed by atoms with Gasteiger partial charge in [-0.2, -0.15) is 0 Å². The molecule has 0 aromatic heterocycles. The van der Waals surface area contributed by atoms with Crippen molar-refractivity contribution in [1.29, 1.82) is 0 Å². The molecule has 2 saturated heterocycles. The third kappa shape index (κ3) is 1.84. The van der Waals surface area contributed by atoms with E-state index < -0.39 is 5.97 Å². The molecule has 13 heavy (non-hydrogen) atoms. The molecule has 2 aliphatic rings. The molecular weight excluding hydrogens is 192 g/mol. The lowest BCUT2D eigenvalue weighted by molar-refractivity contribution is -0.369. The number of alkyl halides is 1. The molecule has 0 amide bonds. The SMILES string of the molecule is C[C@]12CCO[C@](CCCCl)(OC1)O2. The number of rotatable bonds is 3. The molecule has 4 heteroatoms. The largest absolute Gasteiger partial charge is 0.327 e. The lowest BCUT2D eigenvalue weighted by atomic mass is 10.0. The quantitative estimate of drug-likeness (QED) is 0.660. The molecule has 2 heterocycles. The molecule has 2 atom stereocenters. The molecule has 0 aromatic rings. The van der Waals surface area contributed by atoms with Gasteiger partial charge < -0.3 is 14.2 Å². The van der Waals surface area contributed by atoms with Gasteiger partial charge in [0.2, 0.25) is 0 Å². The van der Waals surface area contributed by atoms with Crippen LogP contribution in [0, 0.1) is 0 Å². The van der Waals surface area contributed by atoms with Crippen LogP contribution in [0.15, 0.2) is 0 Å². The summed E-state index contributed by atoms with van der Waals surface area (Å²) in [6.07, 6.45) is 2.50. The van der Waals surface area contributed by atoms with Gasteiger partial charge >= 0.3 is 0 Å². The van der Waals surface area contributed by atoms with Gasteiger partial charge in [-0.25, -0.2) is 0 Å². The van der Waals surface area contributed by atoms with E-state index in [0.717, 1.165) is 25.9 Å². The highest BCUT2D eigenvalue weighted by Crippen LogP contribution is 2.41. The summed E-state index contributed by atoms with van der Waals surface area (Å²) in [7, 11) is 0. The maximum Gasteiger partial charge on any atom is 0.283 e. The smallest absolute Gasteiger partial charge is 0.283 e. The number of fused-ring (bicyclic) bond motifs is 2. The van der Waals surface area contributed by atoms with Gasteiger partial charge in [-0.15, -0.1) is 11.6 Å². The zero-order chi connectivity index (χ0) is 9.36. The minimum absolute atomic E-state index is 0.134. The Balaban J connectivity index is 1.99. The Labute approximate surface area is 83.3 Å². The van der Waals surface area contributed by atoms with Crippen molar-refractivity contribution in [2.24, 2.45) is 0 Å². The van der Waals surface area contributed by atoms with Crippen molar-refractivity contribution in [2.45, 2.75) is 37.8 Å². The van der Waals surface area contributed by atoms with Crippen molar-refractivity contribution in [2.75, 3.05) is 19.1 Å². The summed E-state index contributed by atoms with van der Waals surface area (Å²) in [6.45, 7) is 3.42. The summed E-state index contributed by atoms with van der Waals surface area (Å²) in [5, 5.41) is 0. The van der Waals surface area contributed by atoms with Gasteiger partial charge in [0.25, 0.3) is 5.97 Å². The summed E-state index contributed by atoms with van der Waals surface area (Å²) in [6, 6.07) is 0. The fourth-order valence-electron chi connectivity index (χ4n) is 1.79. The Kier molecular flexibility index (Phi) is 2.53. The Hall–Kier alpha value is 0.170. The molecule has 0 aromatic carbocycles. The molecule has 0 radical (unpaired) electrons. The van der Waals surface area contributed by atoms with Gasteiger partial charge in [0, 0.05) is 18.7 Å². The topological polar surface area (TPSA) is 27.7 Å². The van der Waals surface area contributed by atoms with E-state index in [1.54, 1.807) is 0 Å². The van der Waals surface area contributed by atoms with Gasteiger partial charge in [-0.05, 0) is 13.3 Å². The number of halogens is 1. The minimum atomic E-state index is -0.776. The van der Waals surface area contributed by atoms with Crippen LogP contribution in [0.3, 0.4) is 0 Å². The van der Waals surface area contributed by atoms with Crippen LogP contribution < -0.4 is 0 Å². The standard InChI is InChI=1S/C9H15ClO3/c1-8-4-6-11-9(13-8,12-7-8)3-2-5-10/h2-7H2,1H3/t8-,9+/m0/s1. The maximum atomic E-state index is 5.77. The minimum Gasteiger partial charge on any atom is -0.327 e. The summed E-state index contributed by atoms with van der Waals surface area (Å²) in [5.41, 5.74) is -0.134. The first-order valence-corrected chi connectivity index (χ1v) is 5.26. The Morgan fingerprint density at radius 3 is 3.00 bits per heavy atom. The number of ether oxygens (including phenoxy) is 3. The van der Waals surface area contributed by atoms with Crippen LogP contribution in [-0.4, -0.2) is 30.7 Å². The van der Waals surface area contributed by atoms with Crippen molar-refractivity contribution in [3.63, 3.8) is 0 Å². The molecular formula is C9H15ClO3. The molecule has 0 spiro atoms. The predicted molar refractivity (Wildman–Crippen MR) is 48.7 cm³/mol. The highest BCUT2D eigenvalue weighted by molar-refractivity contribution is 6.17. The normalized spacial score (nSPS) is 43.8. The van der Waals surface area contributed by atoms with E-state index in [1.807, 2.05) is 0 Å². The van der Waals surface area contributed by atoms with E-state index in [9.17, 15) is 0 Å². The van der Waals surface area contributed by atoms with Crippen LogP contribution >= 0.6 is 11.6 Å². The maximum absolute atomic E-state index is 5.77. The fraction of sp³-hybridized carbons (Fsp3) is 1.00. The van der Waals surface area contributed by atoms with Gasteiger partial charge in [-0.1, -0.05) is 0 Å². The monoisotopic (exact) mass is 206 g/mol. The van der Waals surface area contributed by atoms with Crippen molar-refractivity contribution in [1.82, 2.24) is 0 Å². The second-order valence-corrected chi connectivity index (χ2v) is 4.29. The van der Waals surface area contributed by atoms with Crippen molar-refractivity contribution >= 4 is 11.6 Å². The van der Waals surface area contributed by atoms with Crippen molar-refractivity contribution in [3.8, 4) is 0 Å². The molecule has 3 nitrogen and oxygen atoms in total. The van der Waals surface area contributed by atoms with Crippen LogP contribution in [0.4, 0.5) is 0 Å². The Morgan fingerprint density at radius 1 is 1.38 bits per heavy atom. The first-order valence-electron chi connectivity index (χ1n) is 4.72. The second kappa shape index (κ2) is 3.39. The summed E-state index contributed by atoms with van der Waals surface area (Å²) in [4.78, 5) is 0. The highest BCUT2D eigenvalue weighted by Gasteiger charge is 2.52. The zero-order valence-electron chi connectivity index (χ0n) is 7.85. The van der Waals surface area contributed by atoms with E-state index in [1.165, 1.54) is 0 Å². The average Bonchev–Trinajstić information content (AvgIpc) is 2.35. The van der Waals surface area contributed by atoms with Crippen LogP contribution in [0.2, 0.25) is 0 Å². The van der Waals surface area contributed by atoms with Crippen LogP contribution in [-0.2, 0) is 14.2 Å². The van der Waals surface area contributed by atoms with E-state index in [-0.39, 0.29) is 5.60 Å². The van der Waals surface area contributed by atoms with Gasteiger partial charge in [0.15, 0.2) is 0 Å². The third-order valence-electron chi connectivity index (χ3n) is 2.57. The van der Waals surface area contributed by atoms with Gasteiger partial charge in [0.1, 0.15) is 0 Å². The third-order valence-corrected chi connectivity index (χ3v) is 2.84. The van der Waals surface area contributed by atoms with Gasteiger partial charge in [-0.3, -0.25) is 0 Å². The average molecular weight is 207 g/mol. The molecule has 76 valence electrons. The molecule has 0 saturated carbocycles. The summed E-state index contributed by atoms with van der Waals surface area (Å²) in [5.74, 6) is -0.156. The molecule has 0 N–H and O–H groups in total. The fourth-order valence-corrected chi connectivity index (χ4v) is 1.93. The molecule has 2 aliphatic heterocycles. The molecule has 2 rings (SSSR count). The van der Waals surface area contributed by atoms with E-state index >= 15 is 0 Å². The molecule has 2 bridgehead atoms. The van der Waals surface area contributed by atoms with Crippen molar-refractivity contribution < 1.29 is 14.2 Å². The Morgan fingerprint density at radius 2 is 2.23 bits per heavy atom. The van der Waals surface area contributed by atoms with Crippen molar-refractivity contribution in [3.05, 3.63) is 0 Å². The number of hydrogen-bond donors (Lipinski definition) is 0. The first kappa shape index (κ1) is 9.71. The summed E-state index contributed by atoms with van der Waals surface area (Å²) < 4.78 is 16.9. The Bertz CT molecular complexity index is 199. The van der Waals surface area contributed by atoms with Crippen LogP contribution in [0.5, 0.6) is 0 Å². The van der Waals surface area contributed by atoms with Crippen LogP contribution in [0.1, 0.15) is 26.2 Å². The first-order chi connectivity index (χ1) is 6.18. The van der Waals surface area contributed by atoms with E-state index in [4.69, 9.17) is 25.8 Å². The molecule has 0 unspecified atom stereocenters. The van der Waals surface area contributed by atoms with E-state index in [2.05, 4.69) is 6.92 Å². The van der Waals surface area contributed by atoms with Crippen LogP contribution in [0.25, 0.3) is 0 Å². The highest BCUT2D eigenvalue weighted by atomic mass is 35.5. The lowest BCUT2D eigenvalue weighted by Gasteiger charge is -2.35. The molecule has 0 aliphatic carbocycles. The predicted octanol–water partition coefficient (Wildman–Crippen LogP) is 1.89.